The number of hydrogen-bond acceptors (Lipinski definition) is 10. The van der Waals surface area contributed by atoms with Gasteiger partial charge in [0.05, 0.1) is 28.4 Å². The molecule has 0 amide bonds. The molecule has 0 radical (unpaired) electrons. The molecule has 1 aliphatic heterocycles. The van der Waals surface area contributed by atoms with Crippen LogP contribution in [0, 0.1) is 17.8 Å². The molecule has 8 atom stereocenters. The van der Waals surface area contributed by atoms with E-state index in [0.29, 0.717) is 12.3 Å². The van der Waals surface area contributed by atoms with Gasteiger partial charge in [-0.1, -0.05) is 90.9 Å². The van der Waals surface area contributed by atoms with Crippen LogP contribution >= 0.6 is 63.7 Å². The second-order valence-electron chi connectivity index (χ2n) is 14.8. The molecular weight excluding hydrogens is 1010 g/mol. The van der Waals surface area contributed by atoms with Gasteiger partial charge in [-0.2, -0.15) is 0 Å². The van der Waals surface area contributed by atoms with Crippen molar-refractivity contribution in [3.63, 3.8) is 0 Å². The highest BCUT2D eigenvalue weighted by Gasteiger charge is 2.54. The maximum atomic E-state index is 14.1. The van der Waals surface area contributed by atoms with Gasteiger partial charge >= 0.3 is 23.9 Å². The zero-order valence-corrected chi connectivity index (χ0v) is 38.2. The lowest BCUT2D eigenvalue weighted by atomic mass is 9.75. The van der Waals surface area contributed by atoms with Crippen LogP contribution in [0.1, 0.15) is 81.5 Å². The Labute approximate surface area is 371 Å². The second kappa shape index (κ2) is 20.2. The van der Waals surface area contributed by atoms with E-state index in [9.17, 15) is 19.2 Å². The topological polar surface area (TPSA) is 124 Å². The van der Waals surface area contributed by atoms with E-state index >= 15 is 0 Å². The Bertz CT molecular complexity index is 2040. The minimum absolute atomic E-state index is 0.132. The van der Waals surface area contributed by atoms with Crippen LogP contribution in [0.3, 0.4) is 0 Å². The first-order valence-corrected chi connectivity index (χ1v) is 22.1. The standard InChI is InChI=1S/C44H42Br4O10/c1-24(2)34-21-4-25(3)22-35(34)54-44-39(58-43(52)29-11-19-33(48)20-12-29)38(57-42(51)28-9-17-32(47)18-10-28)37(56-41(50)27-7-15-31(46)16-8-27)36(55-44)23-53-40(49)26-5-13-30(45)14-6-26/h5-20,24-25,34-39,44H,4,21-23H2,1-3H3/t25-,34+,35-,36-,37-,38+,39-,44-/m1/s1. The molecule has 0 bridgehead atoms. The van der Waals surface area contributed by atoms with E-state index in [1.165, 1.54) is 0 Å². The fraction of sp³-hybridized carbons (Fsp3) is 0.364. The molecule has 0 aromatic heterocycles. The summed E-state index contributed by atoms with van der Waals surface area (Å²) < 4.78 is 41.0. The maximum Gasteiger partial charge on any atom is 0.338 e. The van der Waals surface area contributed by atoms with Crippen molar-refractivity contribution in [1.82, 2.24) is 0 Å². The van der Waals surface area contributed by atoms with Crippen LogP contribution < -0.4 is 0 Å². The normalized spacial score (nSPS) is 24.4. The monoisotopic (exact) mass is 1050 g/mol. The van der Waals surface area contributed by atoms with Gasteiger partial charge in [0.1, 0.15) is 12.7 Å². The lowest BCUT2D eigenvalue weighted by Crippen LogP contribution is -2.64. The molecule has 2 aliphatic rings. The van der Waals surface area contributed by atoms with Crippen molar-refractivity contribution in [2.75, 3.05) is 6.61 Å². The Hall–Kier alpha value is -3.40. The van der Waals surface area contributed by atoms with Crippen LogP contribution in [0.4, 0.5) is 0 Å². The minimum atomic E-state index is -1.51. The van der Waals surface area contributed by atoms with Gasteiger partial charge in [0.15, 0.2) is 24.6 Å². The number of hydrogen-bond donors (Lipinski definition) is 0. The zero-order valence-electron chi connectivity index (χ0n) is 31.9. The summed E-state index contributed by atoms with van der Waals surface area (Å²) in [6.45, 7) is 5.98. The first-order valence-electron chi connectivity index (χ1n) is 18.9. The number of carbonyl (C=O) groups excluding carboxylic acids is 4. The quantitative estimate of drug-likeness (QED) is 0.100. The van der Waals surface area contributed by atoms with Crippen LogP contribution in [-0.4, -0.2) is 67.3 Å². The Morgan fingerprint density at radius 2 is 0.983 bits per heavy atom. The van der Waals surface area contributed by atoms with Gasteiger partial charge in [-0.25, -0.2) is 19.2 Å². The predicted molar refractivity (Wildman–Crippen MR) is 229 cm³/mol. The fourth-order valence-corrected chi connectivity index (χ4v) is 8.18. The van der Waals surface area contributed by atoms with Crippen molar-refractivity contribution in [2.24, 2.45) is 17.8 Å². The molecule has 0 unspecified atom stereocenters. The summed E-state index contributed by atoms with van der Waals surface area (Å²) in [7, 11) is 0. The van der Waals surface area contributed by atoms with Crippen LogP contribution in [-0.2, 0) is 28.4 Å². The van der Waals surface area contributed by atoms with E-state index in [0.717, 1.165) is 30.7 Å². The summed E-state index contributed by atoms with van der Waals surface area (Å²) in [5.41, 5.74) is 0.845. The molecule has 1 saturated heterocycles. The lowest BCUT2D eigenvalue weighted by molar-refractivity contribution is -0.315. The SMILES string of the molecule is CC(C)[C@@H]1CC[C@@H](C)C[C@H]1O[C@@H]1O[C@H](COC(=O)c2ccc(Br)cc2)[C@@H](OC(=O)c2ccc(Br)cc2)[C@H](OC(=O)c2ccc(Br)cc2)[C@H]1OC(=O)c1ccc(Br)cc1. The van der Waals surface area contributed by atoms with E-state index in [1.54, 1.807) is 97.1 Å². The number of esters is 4. The number of carbonyl (C=O) groups is 4. The number of halogens is 4. The largest absolute Gasteiger partial charge is 0.459 e. The molecule has 0 spiro atoms. The van der Waals surface area contributed by atoms with E-state index in [2.05, 4.69) is 84.5 Å². The van der Waals surface area contributed by atoms with Crippen LogP contribution in [0.25, 0.3) is 0 Å². The number of rotatable bonds is 12. The Morgan fingerprint density at radius 1 is 0.586 bits per heavy atom. The highest BCUT2D eigenvalue weighted by molar-refractivity contribution is 9.11. The van der Waals surface area contributed by atoms with E-state index in [4.69, 9.17) is 28.4 Å². The van der Waals surface area contributed by atoms with Crippen molar-refractivity contribution in [3.05, 3.63) is 137 Å². The molecule has 1 aliphatic carbocycles. The summed E-state index contributed by atoms with van der Waals surface area (Å²) in [4.78, 5) is 55.4. The zero-order chi connectivity index (χ0) is 41.5. The number of benzene rings is 4. The molecule has 58 heavy (non-hydrogen) atoms. The Balaban J connectivity index is 1.44. The number of ether oxygens (including phenoxy) is 6. The smallest absolute Gasteiger partial charge is 0.338 e. The van der Waals surface area contributed by atoms with Crippen LogP contribution in [0.15, 0.2) is 115 Å². The molecule has 1 heterocycles. The molecule has 1 saturated carbocycles. The van der Waals surface area contributed by atoms with Gasteiger partial charge in [0.25, 0.3) is 0 Å². The fourth-order valence-electron chi connectivity index (χ4n) is 7.13. The average Bonchev–Trinajstić information content (AvgIpc) is 3.20. The first-order chi connectivity index (χ1) is 27.7. The van der Waals surface area contributed by atoms with E-state index < -0.39 is 61.2 Å². The predicted octanol–water partition coefficient (Wildman–Crippen LogP) is 10.8. The van der Waals surface area contributed by atoms with E-state index in [1.807, 2.05) is 0 Å². The molecule has 4 aromatic carbocycles. The van der Waals surface area contributed by atoms with Gasteiger partial charge in [-0.15, -0.1) is 0 Å². The van der Waals surface area contributed by atoms with Crippen molar-refractivity contribution in [1.29, 1.82) is 0 Å². The Kier molecular flexibility index (Phi) is 15.4. The van der Waals surface area contributed by atoms with Gasteiger partial charge in [0.2, 0.25) is 0 Å². The maximum absolute atomic E-state index is 14.1. The van der Waals surface area contributed by atoms with Crippen molar-refractivity contribution >= 4 is 87.6 Å². The van der Waals surface area contributed by atoms with Gasteiger partial charge in [0, 0.05) is 17.9 Å². The average molecular weight is 1050 g/mol. The molecule has 14 heteroatoms. The van der Waals surface area contributed by atoms with Crippen molar-refractivity contribution in [2.45, 2.75) is 76.8 Å². The molecule has 4 aromatic rings. The molecule has 6 rings (SSSR count). The molecule has 306 valence electrons. The molecular formula is C44H42Br4O10. The van der Waals surface area contributed by atoms with Gasteiger partial charge in [-0.05, 0) is 128 Å². The second-order valence-corrected chi connectivity index (χ2v) is 18.4. The third-order valence-electron chi connectivity index (χ3n) is 10.3. The Morgan fingerprint density at radius 3 is 1.41 bits per heavy atom. The van der Waals surface area contributed by atoms with Gasteiger partial charge in [-0.3, -0.25) is 0 Å². The third kappa shape index (κ3) is 11.4. The molecule has 10 nitrogen and oxygen atoms in total. The highest BCUT2D eigenvalue weighted by Crippen LogP contribution is 2.39. The van der Waals surface area contributed by atoms with E-state index in [-0.39, 0.29) is 40.2 Å². The minimum Gasteiger partial charge on any atom is -0.459 e. The summed E-state index contributed by atoms with van der Waals surface area (Å²) in [6.07, 6.45) is -4.75. The summed E-state index contributed by atoms with van der Waals surface area (Å²) in [5, 5.41) is 0. The summed E-state index contributed by atoms with van der Waals surface area (Å²) >= 11 is 13.6. The first kappa shape index (κ1) is 44.2. The third-order valence-corrected chi connectivity index (χ3v) is 12.4. The van der Waals surface area contributed by atoms with Crippen LogP contribution in [0.5, 0.6) is 0 Å². The lowest BCUT2D eigenvalue weighted by Gasteiger charge is -2.47. The highest BCUT2D eigenvalue weighted by atomic mass is 79.9. The summed E-state index contributed by atoms with van der Waals surface area (Å²) in [6, 6.07) is 26.2. The van der Waals surface area contributed by atoms with Crippen molar-refractivity contribution < 1.29 is 47.6 Å². The summed E-state index contributed by atoms with van der Waals surface area (Å²) in [5.74, 6) is -2.28. The van der Waals surface area contributed by atoms with Gasteiger partial charge < -0.3 is 28.4 Å². The molecule has 0 N–H and O–H groups in total. The van der Waals surface area contributed by atoms with Crippen molar-refractivity contribution in [3.8, 4) is 0 Å². The molecule has 2 fully saturated rings. The van der Waals surface area contributed by atoms with Crippen LogP contribution in [0.2, 0.25) is 0 Å².